The second-order valence-corrected chi connectivity index (χ2v) is 9.66. The fourth-order valence-corrected chi connectivity index (χ4v) is 4.79. The number of morpholine rings is 1. The summed E-state index contributed by atoms with van der Waals surface area (Å²) in [5, 5.41) is 5.84. The van der Waals surface area contributed by atoms with Gasteiger partial charge in [0.25, 0.3) is 0 Å². The van der Waals surface area contributed by atoms with Gasteiger partial charge in [-0.25, -0.2) is 9.97 Å². The largest absolute Gasteiger partial charge is 0.456 e. The number of carbonyl (C=O) groups excluding carboxylic acids is 1. The Bertz CT molecular complexity index is 1550. The number of pyridine rings is 1. The van der Waals surface area contributed by atoms with Gasteiger partial charge in [-0.15, -0.1) is 0 Å². The number of hydrogen-bond donors (Lipinski definition) is 2. The molecule has 1 amide bonds. The number of benzene rings is 2. The van der Waals surface area contributed by atoms with Crippen molar-refractivity contribution in [2.75, 3.05) is 36.9 Å². The molecule has 1 saturated heterocycles. The van der Waals surface area contributed by atoms with Crippen LogP contribution in [0.3, 0.4) is 0 Å². The maximum absolute atomic E-state index is 14.0. The van der Waals surface area contributed by atoms with Crippen molar-refractivity contribution in [3.8, 4) is 11.5 Å². The minimum absolute atomic E-state index is 0.187. The van der Waals surface area contributed by atoms with Crippen LogP contribution >= 0.6 is 11.6 Å². The Morgan fingerprint density at radius 2 is 1.93 bits per heavy atom. The van der Waals surface area contributed by atoms with Crippen molar-refractivity contribution in [2.45, 2.75) is 19.6 Å². The zero-order valence-corrected chi connectivity index (χ0v) is 22.4. The van der Waals surface area contributed by atoms with E-state index in [-0.39, 0.29) is 28.7 Å². The quantitative estimate of drug-likeness (QED) is 0.281. The second-order valence-electron chi connectivity index (χ2n) is 9.28. The lowest BCUT2D eigenvalue weighted by molar-refractivity contribution is -0.138. The molecule has 1 aliphatic heterocycles. The molecule has 1 fully saturated rings. The van der Waals surface area contributed by atoms with E-state index in [0.717, 1.165) is 6.07 Å². The highest BCUT2D eigenvalue weighted by Crippen LogP contribution is 2.38. The van der Waals surface area contributed by atoms with E-state index >= 15 is 0 Å². The molecule has 4 aromatic rings. The zero-order valence-electron chi connectivity index (χ0n) is 21.7. The molecule has 0 unspecified atom stereocenters. The van der Waals surface area contributed by atoms with E-state index in [1.807, 2.05) is 4.90 Å². The molecule has 1 aliphatic rings. The van der Waals surface area contributed by atoms with Gasteiger partial charge in [0.15, 0.2) is 0 Å². The monoisotopic (exact) mass is 574 g/mol. The van der Waals surface area contributed by atoms with Gasteiger partial charge in [-0.2, -0.15) is 13.2 Å². The first kappa shape index (κ1) is 27.7. The Balaban J connectivity index is 1.41. The first-order chi connectivity index (χ1) is 19.1. The van der Waals surface area contributed by atoms with E-state index in [1.54, 1.807) is 41.9 Å². The number of anilines is 3. The van der Waals surface area contributed by atoms with Crippen molar-refractivity contribution in [1.82, 2.24) is 19.4 Å². The van der Waals surface area contributed by atoms with E-state index in [0.29, 0.717) is 60.6 Å². The predicted molar refractivity (Wildman–Crippen MR) is 145 cm³/mol. The molecular weight excluding hydrogens is 549 g/mol. The highest BCUT2D eigenvalue weighted by Gasteiger charge is 2.34. The lowest BCUT2D eigenvalue weighted by Crippen LogP contribution is -2.36. The summed E-state index contributed by atoms with van der Waals surface area (Å²) in [5.74, 6) is 1.09. The number of nitrogens with zero attached hydrogens (tertiary/aromatic N) is 4. The molecule has 2 N–H and O–H groups in total. The van der Waals surface area contributed by atoms with Crippen LogP contribution in [0.5, 0.6) is 11.5 Å². The summed E-state index contributed by atoms with van der Waals surface area (Å²) >= 11 is 6.67. The van der Waals surface area contributed by atoms with Gasteiger partial charge < -0.3 is 24.7 Å². The van der Waals surface area contributed by atoms with Gasteiger partial charge in [0.1, 0.15) is 22.3 Å². The third-order valence-corrected chi connectivity index (χ3v) is 6.74. The van der Waals surface area contributed by atoms with Crippen molar-refractivity contribution in [3.05, 3.63) is 64.8 Å². The summed E-state index contributed by atoms with van der Waals surface area (Å²) in [7, 11) is 1.70. The fourth-order valence-electron chi connectivity index (χ4n) is 4.47. The normalized spacial score (nSPS) is 14.3. The van der Waals surface area contributed by atoms with Gasteiger partial charge >= 0.3 is 6.18 Å². The minimum atomic E-state index is -4.52. The number of ether oxygens (including phenoxy) is 2. The van der Waals surface area contributed by atoms with Crippen LogP contribution in [0.1, 0.15) is 18.1 Å². The summed E-state index contributed by atoms with van der Waals surface area (Å²) in [6.07, 6.45) is -3.03. The maximum atomic E-state index is 14.0. The van der Waals surface area contributed by atoms with Crippen molar-refractivity contribution < 1.29 is 27.4 Å². The average molecular weight is 575 g/mol. The van der Waals surface area contributed by atoms with Crippen LogP contribution in [-0.4, -0.2) is 51.6 Å². The molecule has 0 bridgehead atoms. The lowest BCUT2D eigenvalue weighted by atomic mass is 10.0. The van der Waals surface area contributed by atoms with Gasteiger partial charge in [0, 0.05) is 51.6 Å². The van der Waals surface area contributed by atoms with Gasteiger partial charge in [0.05, 0.1) is 29.8 Å². The standard InChI is InChI=1S/C27H26ClF3N6O3/c1-16(38)33-23-14-19(7-8-32-23)40-22-6-5-21-25(24(22)28)36(2)26(35-21)34-18-4-3-17(20(13-18)27(29,30)31)15-37-9-11-39-12-10-37/h3-8,13-14H,9-12,15H2,1-2H3,(H,34,35)(H,32,33,38). The number of halogens is 4. The number of carbonyl (C=O) groups is 1. The number of nitrogens with one attached hydrogen (secondary N) is 2. The molecule has 0 aliphatic carbocycles. The van der Waals surface area contributed by atoms with Crippen LogP contribution in [0.15, 0.2) is 48.7 Å². The number of hydrogen-bond acceptors (Lipinski definition) is 7. The van der Waals surface area contributed by atoms with Gasteiger partial charge in [-0.05, 0) is 35.9 Å². The molecule has 0 radical (unpaired) electrons. The Hall–Kier alpha value is -3.87. The Labute approximate surface area is 232 Å². The third-order valence-electron chi connectivity index (χ3n) is 6.37. The fraction of sp³-hybridized carbons (Fsp3) is 0.296. The number of aromatic nitrogens is 3. The Kier molecular flexibility index (Phi) is 7.83. The summed E-state index contributed by atoms with van der Waals surface area (Å²) < 4.78 is 54.8. The number of fused-ring (bicyclic) bond motifs is 1. The molecule has 40 heavy (non-hydrogen) atoms. The molecule has 210 valence electrons. The molecular formula is C27H26ClF3N6O3. The predicted octanol–water partition coefficient (Wildman–Crippen LogP) is 5.97. The third kappa shape index (κ3) is 6.14. The SMILES string of the molecule is CC(=O)Nc1cc(Oc2ccc3nc(Nc4ccc(CN5CCOCC5)c(C(F)(F)F)c4)n(C)c3c2Cl)ccn1. The average Bonchev–Trinajstić information content (AvgIpc) is 3.22. The first-order valence-corrected chi connectivity index (χ1v) is 12.8. The van der Waals surface area contributed by atoms with E-state index in [2.05, 4.69) is 20.6 Å². The molecule has 0 spiro atoms. The first-order valence-electron chi connectivity index (χ1n) is 12.4. The maximum Gasteiger partial charge on any atom is 0.416 e. The topological polar surface area (TPSA) is 93.5 Å². The molecule has 13 heteroatoms. The van der Waals surface area contributed by atoms with E-state index in [1.165, 1.54) is 19.2 Å². The number of aryl methyl sites for hydroxylation is 1. The van der Waals surface area contributed by atoms with Gasteiger partial charge in [-0.1, -0.05) is 17.7 Å². The highest BCUT2D eigenvalue weighted by molar-refractivity contribution is 6.36. The minimum Gasteiger partial charge on any atom is -0.456 e. The Morgan fingerprint density at radius 1 is 1.15 bits per heavy atom. The van der Waals surface area contributed by atoms with Crippen LogP contribution in [-0.2, 0) is 29.3 Å². The number of alkyl halides is 3. The van der Waals surface area contributed by atoms with Gasteiger partial charge in [-0.3, -0.25) is 9.69 Å². The smallest absolute Gasteiger partial charge is 0.416 e. The van der Waals surface area contributed by atoms with Crippen LogP contribution in [0.2, 0.25) is 5.02 Å². The van der Waals surface area contributed by atoms with Crippen LogP contribution in [0, 0.1) is 0 Å². The number of rotatable bonds is 7. The van der Waals surface area contributed by atoms with E-state index in [4.69, 9.17) is 21.1 Å². The van der Waals surface area contributed by atoms with Crippen LogP contribution < -0.4 is 15.4 Å². The molecule has 3 heterocycles. The van der Waals surface area contributed by atoms with Crippen LogP contribution in [0.4, 0.5) is 30.6 Å². The molecule has 2 aromatic heterocycles. The van der Waals surface area contributed by atoms with E-state index < -0.39 is 11.7 Å². The van der Waals surface area contributed by atoms with Gasteiger partial charge in [0.2, 0.25) is 11.9 Å². The summed E-state index contributed by atoms with van der Waals surface area (Å²) in [5.41, 5.74) is 0.792. The second kappa shape index (κ2) is 11.3. The molecule has 9 nitrogen and oxygen atoms in total. The molecule has 0 saturated carbocycles. The summed E-state index contributed by atoms with van der Waals surface area (Å²) in [6.45, 7) is 3.74. The van der Waals surface area contributed by atoms with Crippen molar-refractivity contribution in [3.63, 3.8) is 0 Å². The number of imidazole rings is 1. The highest BCUT2D eigenvalue weighted by atomic mass is 35.5. The summed E-state index contributed by atoms with van der Waals surface area (Å²) in [4.78, 5) is 21.9. The van der Waals surface area contributed by atoms with Crippen LogP contribution in [0.25, 0.3) is 11.0 Å². The zero-order chi connectivity index (χ0) is 28.4. The lowest BCUT2D eigenvalue weighted by Gasteiger charge is -2.27. The summed E-state index contributed by atoms with van der Waals surface area (Å²) in [6, 6.07) is 10.7. The van der Waals surface area contributed by atoms with E-state index in [9.17, 15) is 18.0 Å². The molecule has 5 rings (SSSR count). The number of amides is 1. The molecule has 2 aromatic carbocycles. The van der Waals surface area contributed by atoms with Crippen molar-refractivity contribution >= 4 is 46.0 Å². The van der Waals surface area contributed by atoms with Crippen molar-refractivity contribution in [1.29, 1.82) is 0 Å². The Morgan fingerprint density at radius 3 is 2.65 bits per heavy atom. The molecule has 0 atom stereocenters. The van der Waals surface area contributed by atoms with Crippen molar-refractivity contribution in [2.24, 2.45) is 7.05 Å².